The minimum absolute atomic E-state index is 0.238. The molecule has 2 aromatic carbocycles. The molecular formula is C17H18F2N2O. The summed E-state index contributed by atoms with van der Waals surface area (Å²) in [7, 11) is 0. The van der Waals surface area contributed by atoms with Crippen molar-refractivity contribution in [2.45, 2.75) is 27.3 Å². The third-order valence-corrected chi connectivity index (χ3v) is 3.39. The Morgan fingerprint density at radius 1 is 1.14 bits per heavy atom. The van der Waals surface area contributed by atoms with Crippen molar-refractivity contribution in [3.8, 4) is 0 Å². The van der Waals surface area contributed by atoms with Gasteiger partial charge in [0, 0.05) is 24.7 Å². The van der Waals surface area contributed by atoms with E-state index in [9.17, 15) is 13.6 Å². The fourth-order valence-electron chi connectivity index (χ4n) is 2.26. The van der Waals surface area contributed by atoms with Gasteiger partial charge >= 0.3 is 0 Å². The van der Waals surface area contributed by atoms with Crippen molar-refractivity contribution in [1.82, 2.24) is 0 Å². The first-order chi connectivity index (χ1) is 10.4. The predicted octanol–water partition coefficient (Wildman–Crippen LogP) is 4.15. The normalized spacial score (nSPS) is 10.4. The van der Waals surface area contributed by atoms with Gasteiger partial charge in [0.25, 0.3) is 0 Å². The van der Waals surface area contributed by atoms with E-state index in [0.29, 0.717) is 23.5 Å². The topological polar surface area (TPSA) is 41.1 Å². The largest absolute Gasteiger partial charge is 0.379 e. The number of benzene rings is 2. The summed E-state index contributed by atoms with van der Waals surface area (Å²) in [4.78, 5) is 11.2. The first kappa shape index (κ1) is 15.9. The molecule has 2 aromatic rings. The highest BCUT2D eigenvalue weighted by molar-refractivity contribution is 5.91. The lowest BCUT2D eigenvalue weighted by molar-refractivity contribution is -0.114. The molecule has 2 rings (SSSR count). The minimum atomic E-state index is -0.406. The number of nitrogens with one attached hydrogen (secondary N) is 2. The van der Waals surface area contributed by atoms with E-state index in [2.05, 4.69) is 10.6 Å². The number of rotatable bonds is 4. The van der Waals surface area contributed by atoms with E-state index in [1.807, 2.05) is 0 Å². The van der Waals surface area contributed by atoms with E-state index in [0.717, 1.165) is 11.1 Å². The van der Waals surface area contributed by atoms with E-state index in [-0.39, 0.29) is 11.7 Å². The van der Waals surface area contributed by atoms with Crippen molar-refractivity contribution in [3.63, 3.8) is 0 Å². The Hall–Kier alpha value is -2.43. The first-order valence-corrected chi connectivity index (χ1v) is 6.94. The van der Waals surface area contributed by atoms with Gasteiger partial charge in [0.1, 0.15) is 5.82 Å². The van der Waals surface area contributed by atoms with Gasteiger partial charge in [-0.15, -0.1) is 0 Å². The summed E-state index contributed by atoms with van der Waals surface area (Å²) < 4.78 is 27.2. The van der Waals surface area contributed by atoms with Gasteiger partial charge in [-0.1, -0.05) is 12.1 Å². The molecule has 3 nitrogen and oxygen atoms in total. The van der Waals surface area contributed by atoms with Gasteiger partial charge in [0.15, 0.2) is 5.82 Å². The lowest BCUT2D eigenvalue weighted by atomic mass is 10.1. The van der Waals surface area contributed by atoms with Crippen LogP contribution in [0.3, 0.4) is 0 Å². The minimum Gasteiger partial charge on any atom is -0.379 e. The van der Waals surface area contributed by atoms with Gasteiger partial charge in [-0.25, -0.2) is 8.78 Å². The molecule has 0 spiro atoms. The van der Waals surface area contributed by atoms with Crippen molar-refractivity contribution >= 4 is 17.3 Å². The van der Waals surface area contributed by atoms with Crippen LogP contribution in [0.2, 0.25) is 0 Å². The van der Waals surface area contributed by atoms with E-state index >= 15 is 0 Å². The van der Waals surface area contributed by atoms with Crippen molar-refractivity contribution in [3.05, 3.63) is 58.7 Å². The summed E-state index contributed by atoms with van der Waals surface area (Å²) in [5, 5.41) is 5.64. The third-order valence-electron chi connectivity index (χ3n) is 3.39. The maximum Gasteiger partial charge on any atom is 0.221 e. The lowest BCUT2D eigenvalue weighted by Gasteiger charge is -2.16. The Bertz CT molecular complexity index is 697. The summed E-state index contributed by atoms with van der Waals surface area (Å²) in [5.74, 6) is -0.949. The quantitative estimate of drug-likeness (QED) is 0.891. The maximum atomic E-state index is 14.4. The van der Waals surface area contributed by atoms with Crippen LogP contribution in [0.25, 0.3) is 0 Å². The Morgan fingerprint density at radius 3 is 2.36 bits per heavy atom. The van der Waals surface area contributed by atoms with Crippen LogP contribution in [0.1, 0.15) is 23.6 Å². The van der Waals surface area contributed by atoms with Gasteiger partial charge in [0.2, 0.25) is 5.91 Å². The van der Waals surface area contributed by atoms with Crippen LogP contribution >= 0.6 is 0 Å². The number of amides is 1. The van der Waals surface area contributed by atoms with Crippen LogP contribution in [0, 0.1) is 25.5 Å². The van der Waals surface area contributed by atoms with Gasteiger partial charge in [-0.2, -0.15) is 0 Å². The molecule has 116 valence electrons. The van der Waals surface area contributed by atoms with Crippen molar-refractivity contribution < 1.29 is 13.6 Å². The van der Waals surface area contributed by atoms with Crippen LogP contribution in [0.15, 0.2) is 30.3 Å². The van der Waals surface area contributed by atoms with Crippen molar-refractivity contribution in [2.24, 2.45) is 0 Å². The highest BCUT2D eigenvalue weighted by Gasteiger charge is 2.14. The van der Waals surface area contributed by atoms with Crippen LogP contribution < -0.4 is 10.6 Å². The standard InChI is InChI=1S/C17H18F2N2O/c1-10-8-15(16(19)11(2)17(10)21-12(3)22)20-9-13-4-6-14(18)7-5-13/h4-8,20H,9H2,1-3H3,(H,21,22). The molecule has 0 unspecified atom stereocenters. The van der Waals surface area contributed by atoms with E-state index in [4.69, 9.17) is 0 Å². The fourth-order valence-corrected chi connectivity index (χ4v) is 2.26. The zero-order chi connectivity index (χ0) is 16.3. The summed E-state index contributed by atoms with van der Waals surface area (Å²) in [6, 6.07) is 7.67. The molecule has 0 aliphatic heterocycles. The summed E-state index contributed by atoms with van der Waals surface area (Å²) in [6.07, 6.45) is 0. The molecule has 0 radical (unpaired) electrons. The van der Waals surface area contributed by atoms with E-state index < -0.39 is 5.82 Å². The molecule has 5 heteroatoms. The zero-order valence-electron chi connectivity index (χ0n) is 12.8. The smallest absolute Gasteiger partial charge is 0.221 e. The highest BCUT2D eigenvalue weighted by atomic mass is 19.1. The number of aryl methyl sites for hydroxylation is 1. The van der Waals surface area contributed by atoms with Crippen LogP contribution in [-0.4, -0.2) is 5.91 Å². The summed E-state index contributed by atoms with van der Waals surface area (Å²) in [6.45, 7) is 5.20. The average Bonchev–Trinajstić information content (AvgIpc) is 2.47. The van der Waals surface area contributed by atoms with Gasteiger partial charge in [0.05, 0.1) is 5.69 Å². The molecule has 0 aliphatic carbocycles. The number of hydrogen-bond donors (Lipinski definition) is 2. The summed E-state index contributed by atoms with van der Waals surface area (Å²) in [5.41, 5.74) is 2.86. The second kappa shape index (κ2) is 6.56. The van der Waals surface area contributed by atoms with Gasteiger partial charge < -0.3 is 10.6 Å². The number of halogens is 2. The van der Waals surface area contributed by atoms with Crippen LogP contribution in [0.4, 0.5) is 20.2 Å². The second-order valence-corrected chi connectivity index (χ2v) is 5.22. The molecule has 0 saturated heterocycles. The number of hydrogen-bond acceptors (Lipinski definition) is 2. The molecule has 0 atom stereocenters. The molecule has 0 bridgehead atoms. The monoisotopic (exact) mass is 304 g/mol. The fraction of sp³-hybridized carbons (Fsp3) is 0.235. The van der Waals surface area contributed by atoms with E-state index in [1.165, 1.54) is 19.1 Å². The first-order valence-electron chi connectivity index (χ1n) is 6.94. The number of carbonyl (C=O) groups is 1. The summed E-state index contributed by atoms with van der Waals surface area (Å²) >= 11 is 0. The average molecular weight is 304 g/mol. The molecule has 2 N–H and O–H groups in total. The third kappa shape index (κ3) is 3.61. The number of anilines is 2. The predicted molar refractivity (Wildman–Crippen MR) is 83.9 cm³/mol. The lowest BCUT2D eigenvalue weighted by Crippen LogP contribution is -2.11. The SMILES string of the molecule is CC(=O)Nc1c(C)cc(NCc2ccc(F)cc2)c(F)c1C. The Morgan fingerprint density at radius 2 is 1.77 bits per heavy atom. The molecule has 0 aromatic heterocycles. The van der Waals surface area contributed by atoms with Crippen molar-refractivity contribution in [2.75, 3.05) is 10.6 Å². The van der Waals surface area contributed by atoms with Gasteiger partial charge in [-0.3, -0.25) is 4.79 Å². The van der Waals surface area contributed by atoms with Crippen molar-refractivity contribution in [1.29, 1.82) is 0 Å². The number of carbonyl (C=O) groups excluding carboxylic acids is 1. The van der Waals surface area contributed by atoms with E-state index in [1.54, 1.807) is 32.0 Å². The Labute approximate surface area is 128 Å². The molecular weight excluding hydrogens is 286 g/mol. The van der Waals surface area contributed by atoms with Crippen LogP contribution in [0.5, 0.6) is 0 Å². The molecule has 0 aliphatic rings. The Kier molecular flexibility index (Phi) is 4.75. The zero-order valence-corrected chi connectivity index (χ0v) is 12.8. The van der Waals surface area contributed by atoms with Crippen LogP contribution in [-0.2, 0) is 11.3 Å². The molecule has 0 saturated carbocycles. The molecule has 0 heterocycles. The molecule has 1 amide bonds. The maximum absolute atomic E-state index is 14.4. The Balaban J connectivity index is 2.21. The molecule has 22 heavy (non-hydrogen) atoms. The molecule has 0 fully saturated rings. The van der Waals surface area contributed by atoms with Gasteiger partial charge in [-0.05, 0) is 43.2 Å². The second-order valence-electron chi connectivity index (χ2n) is 5.22. The highest BCUT2D eigenvalue weighted by Crippen LogP contribution is 2.29.